The van der Waals surface area contributed by atoms with Crippen LogP contribution in [0.4, 0.5) is 13.2 Å². The van der Waals surface area contributed by atoms with Crippen LogP contribution in [-0.2, 0) is 6.18 Å². The van der Waals surface area contributed by atoms with Crippen LogP contribution in [0.15, 0.2) is 12.0 Å². The third kappa shape index (κ3) is 1.80. The van der Waals surface area contributed by atoms with E-state index in [4.69, 9.17) is 0 Å². The minimum absolute atomic E-state index is 0.266. The minimum atomic E-state index is -4.33. The van der Waals surface area contributed by atoms with Gasteiger partial charge in [-0.1, -0.05) is 6.58 Å². The number of hydrogen-bond acceptors (Lipinski definition) is 2. The first-order valence-electron chi connectivity index (χ1n) is 2.69. The summed E-state index contributed by atoms with van der Waals surface area (Å²) >= 11 is 0.574. The van der Waals surface area contributed by atoms with Gasteiger partial charge in [0.15, 0.2) is 5.01 Å². The number of thiazole rings is 1. The molecule has 0 aliphatic rings. The van der Waals surface area contributed by atoms with Gasteiger partial charge >= 0.3 is 6.18 Å². The minimum Gasteiger partial charge on any atom is -0.233 e. The van der Waals surface area contributed by atoms with Gasteiger partial charge in [-0.3, -0.25) is 0 Å². The highest BCUT2D eigenvalue weighted by atomic mass is 32.1. The quantitative estimate of drug-likeness (QED) is 0.646. The number of rotatable bonds is 1. The molecule has 0 saturated carbocycles. The highest BCUT2D eigenvalue weighted by molar-refractivity contribution is 7.09. The van der Waals surface area contributed by atoms with E-state index in [1.807, 2.05) is 0 Å². The molecule has 0 saturated heterocycles. The normalized spacial score (nSPS) is 11.5. The van der Waals surface area contributed by atoms with Crippen LogP contribution in [0.2, 0.25) is 0 Å². The van der Waals surface area contributed by atoms with E-state index in [1.54, 1.807) is 0 Å². The molecular weight excluding hydrogens is 175 g/mol. The third-order valence-electron chi connectivity index (χ3n) is 0.974. The molecule has 0 fully saturated rings. The van der Waals surface area contributed by atoms with Crippen LogP contribution in [0, 0.1) is 0 Å². The Morgan fingerprint density at radius 3 is 2.45 bits per heavy atom. The van der Waals surface area contributed by atoms with Crippen LogP contribution in [0.1, 0.15) is 10.7 Å². The molecule has 1 aromatic heterocycles. The molecule has 60 valence electrons. The summed E-state index contributed by atoms with van der Waals surface area (Å²) in [5.74, 6) is 0. The molecule has 0 atom stereocenters. The average Bonchev–Trinajstić information content (AvgIpc) is 2.32. The van der Waals surface area contributed by atoms with E-state index in [-0.39, 0.29) is 5.69 Å². The second-order valence-corrected chi connectivity index (χ2v) is 2.64. The van der Waals surface area contributed by atoms with Gasteiger partial charge in [0.25, 0.3) is 0 Å². The molecule has 1 nitrogen and oxygen atoms in total. The van der Waals surface area contributed by atoms with Crippen molar-refractivity contribution in [2.75, 3.05) is 0 Å². The first-order chi connectivity index (χ1) is 5.04. The Bertz CT molecular complexity index is 263. The zero-order valence-electron chi connectivity index (χ0n) is 5.35. The fourth-order valence-corrected chi connectivity index (χ4v) is 1.18. The summed E-state index contributed by atoms with van der Waals surface area (Å²) in [5.41, 5.74) is 0.266. The van der Waals surface area contributed by atoms with Crippen molar-refractivity contribution in [2.45, 2.75) is 6.18 Å². The summed E-state index contributed by atoms with van der Waals surface area (Å²) in [7, 11) is 0. The van der Waals surface area contributed by atoms with E-state index in [1.165, 1.54) is 11.5 Å². The molecule has 1 heterocycles. The van der Waals surface area contributed by atoms with Crippen LogP contribution in [0.25, 0.3) is 6.08 Å². The lowest BCUT2D eigenvalue weighted by Crippen LogP contribution is -2.03. The summed E-state index contributed by atoms with van der Waals surface area (Å²) in [6.07, 6.45) is -3.04. The summed E-state index contributed by atoms with van der Waals surface area (Å²) < 4.78 is 35.6. The van der Waals surface area contributed by atoms with E-state index >= 15 is 0 Å². The number of nitrogens with zero attached hydrogens (tertiary/aromatic N) is 1. The Labute approximate surface area is 65.2 Å². The Morgan fingerprint density at radius 2 is 2.18 bits per heavy atom. The van der Waals surface area contributed by atoms with Gasteiger partial charge in [0.1, 0.15) is 0 Å². The van der Waals surface area contributed by atoms with Gasteiger partial charge in [0.05, 0.1) is 5.69 Å². The molecule has 0 aliphatic carbocycles. The maximum absolute atomic E-state index is 11.9. The molecule has 0 bridgehead atoms. The molecule has 11 heavy (non-hydrogen) atoms. The number of alkyl halides is 3. The maximum Gasteiger partial charge on any atom is 0.443 e. The van der Waals surface area contributed by atoms with Gasteiger partial charge < -0.3 is 0 Å². The summed E-state index contributed by atoms with van der Waals surface area (Å²) in [6.45, 7) is 3.30. The lowest BCUT2D eigenvalue weighted by molar-refractivity contribution is -0.137. The molecule has 0 N–H and O–H groups in total. The topological polar surface area (TPSA) is 12.9 Å². The lowest BCUT2D eigenvalue weighted by atomic mass is 10.5. The summed E-state index contributed by atoms with van der Waals surface area (Å²) in [5, 5.41) is 0.489. The number of halogens is 3. The molecule has 0 spiro atoms. The number of aromatic nitrogens is 1. The molecule has 0 aliphatic heterocycles. The van der Waals surface area contributed by atoms with Crippen molar-refractivity contribution >= 4 is 17.4 Å². The van der Waals surface area contributed by atoms with E-state index in [0.717, 1.165) is 0 Å². The lowest BCUT2D eigenvalue weighted by Gasteiger charge is -1.98. The molecule has 5 heteroatoms. The van der Waals surface area contributed by atoms with Gasteiger partial charge in [-0.05, 0) is 6.08 Å². The highest BCUT2D eigenvalue weighted by Crippen LogP contribution is 2.31. The Kier molecular flexibility index (Phi) is 1.99. The van der Waals surface area contributed by atoms with Crippen molar-refractivity contribution in [3.8, 4) is 0 Å². The van der Waals surface area contributed by atoms with Gasteiger partial charge in [0, 0.05) is 5.38 Å². The van der Waals surface area contributed by atoms with Crippen LogP contribution in [0.3, 0.4) is 0 Å². The molecule has 0 unspecified atom stereocenters. The van der Waals surface area contributed by atoms with Crippen LogP contribution >= 0.6 is 11.3 Å². The van der Waals surface area contributed by atoms with Gasteiger partial charge in [-0.25, -0.2) is 4.98 Å². The molecule has 0 aromatic carbocycles. The first kappa shape index (κ1) is 8.26. The summed E-state index contributed by atoms with van der Waals surface area (Å²) in [6, 6.07) is 0. The van der Waals surface area contributed by atoms with Gasteiger partial charge in [-0.2, -0.15) is 13.2 Å². The monoisotopic (exact) mass is 179 g/mol. The van der Waals surface area contributed by atoms with E-state index < -0.39 is 11.2 Å². The molecular formula is C6H4F3NS. The number of hydrogen-bond donors (Lipinski definition) is 0. The summed E-state index contributed by atoms with van der Waals surface area (Å²) in [4.78, 5) is 3.28. The molecule has 0 amide bonds. The Morgan fingerprint density at radius 1 is 1.55 bits per heavy atom. The zero-order valence-corrected chi connectivity index (χ0v) is 6.17. The SMILES string of the molecule is C=Cc1csc(C(F)(F)F)n1. The fourth-order valence-electron chi connectivity index (χ4n) is 0.510. The van der Waals surface area contributed by atoms with Crippen LogP contribution in [-0.4, -0.2) is 4.98 Å². The predicted molar refractivity (Wildman–Crippen MR) is 37.2 cm³/mol. The van der Waals surface area contributed by atoms with E-state index in [9.17, 15) is 13.2 Å². The van der Waals surface area contributed by atoms with Crippen molar-refractivity contribution < 1.29 is 13.2 Å². The van der Waals surface area contributed by atoms with Crippen LogP contribution in [0.5, 0.6) is 0 Å². The van der Waals surface area contributed by atoms with Crippen molar-refractivity contribution in [1.82, 2.24) is 4.98 Å². The molecule has 0 radical (unpaired) electrons. The smallest absolute Gasteiger partial charge is 0.233 e. The standard InChI is InChI=1S/C6H4F3NS/c1-2-4-3-11-5(10-4)6(7,8)9/h2-3H,1H2. The fraction of sp³-hybridized carbons (Fsp3) is 0.167. The average molecular weight is 179 g/mol. The van der Waals surface area contributed by atoms with Crippen molar-refractivity contribution in [2.24, 2.45) is 0 Å². The second kappa shape index (κ2) is 2.65. The zero-order chi connectivity index (χ0) is 8.48. The van der Waals surface area contributed by atoms with Crippen molar-refractivity contribution in [3.05, 3.63) is 22.7 Å². The molecule has 1 rings (SSSR count). The Balaban J connectivity index is 2.98. The first-order valence-corrected chi connectivity index (χ1v) is 3.57. The molecule has 1 aromatic rings. The maximum atomic E-state index is 11.9. The van der Waals surface area contributed by atoms with Gasteiger partial charge in [0.2, 0.25) is 0 Å². The van der Waals surface area contributed by atoms with E-state index in [2.05, 4.69) is 11.6 Å². The van der Waals surface area contributed by atoms with Crippen molar-refractivity contribution in [1.29, 1.82) is 0 Å². The largest absolute Gasteiger partial charge is 0.443 e. The third-order valence-corrected chi connectivity index (χ3v) is 1.88. The predicted octanol–water partition coefficient (Wildman–Crippen LogP) is 2.80. The van der Waals surface area contributed by atoms with E-state index in [0.29, 0.717) is 11.3 Å². The Hall–Kier alpha value is -0.840. The highest BCUT2D eigenvalue weighted by Gasteiger charge is 2.34. The van der Waals surface area contributed by atoms with Crippen LogP contribution < -0.4 is 0 Å². The van der Waals surface area contributed by atoms with Gasteiger partial charge in [-0.15, -0.1) is 11.3 Å². The van der Waals surface area contributed by atoms with Crippen molar-refractivity contribution in [3.63, 3.8) is 0 Å². The second-order valence-electron chi connectivity index (χ2n) is 1.78.